The summed E-state index contributed by atoms with van der Waals surface area (Å²) in [6.45, 7) is 5.63. The van der Waals surface area contributed by atoms with Crippen LogP contribution >= 0.6 is 0 Å². The van der Waals surface area contributed by atoms with Gasteiger partial charge in [0, 0.05) is 12.8 Å². The van der Waals surface area contributed by atoms with E-state index < -0.39 is 0 Å². The molecule has 1 saturated heterocycles. The van der Waals surface area contributed by atoms with Gasteiger partial charge in [-0.05, 0) is 109 Å². The topological polar surface area (TPSA) is 30.5 Å². The molecule has 0 bridgehead atoms. The molecule has 1 aliphatic heterocycles. The fourth-order valence-electron chi connectivity index (χ4n) is 7.47. The quantitative estimate of drug-likeness (QED) is 0.0579. The standard InChI is InChI=1S/C44H79NO2/c1-4-6-8-10-12-14-16-18-20-22-24-26-28-30-32-34-36-44(46-42-38-41(40-45-3)39-43(42)47-44)37-35-33-31-29-27-25-23-21-19-17-15-13-11-9-7-5-2/h12-15,18-21,41-43,45H,4-11,16-17,22-40H2,1-3H3/b14-12-,15-13-,20-18-,21-19-/t41-,42+,43-. The number of hydrogen-bond acceptors (Lipinski definition) is 3. The molecule has 3 nitrogen and oxygen atoms in total. The lowest BCUT2D eigenvalue weighted by molar-refractivity contribution is -0.192. The Morgan fingerprint density at radius 3 is 1.23 bits per heavy atom. The minimum absolute atomic E-state index is 0.301. The van der Waals surface area contributed by atoms with Crippen molar-refractivity contribution in [1.82, 2.24) is 5.32 Å². The molecule has 1 saturated carbocycles. The van der Waals surface area contributed by atoms with Crippen molar-refractivity contribution < 1.29 is 9.47 Å². The highest BCUT2D eigenvalue weighted by molar-refractivity contribution is 4.95. The number of ether oxygens (including phenoxy) is 2. The van der Waals surface area contributed by atoms with Crippen LogP contribution in [0, 0.1) is 5.92 Å². The molecule has 2 fully saturated rings. The summed E-state index contributed by atoms with van der Waals surface area (Å²) < 4.78 is 13.6. The molecular formula is C44H79NO2. The lowest BCUT2D eigenvalue weighted by atomic mass is 9.98. The minimum Gasteiger partial charge on any atom is -0.344 e. The van der Waals surface area contributed by atoms with Crippen LogP contribution in [0.1, 0.15) is 194 Å². The number of rotatable bonds is 32. The second-order valence-electron chi connectivity index (χ2n) is 14.8. The van der Waals surface area contributed by atoms with Gasteiger partial charge in [-0.3, -0.25) is 0 Å². The zero-order chi connectivity index (χ0) is 33.5. The summed E-state index contributed by atoms with van der Waals surface area (Å²) in [6.07, 6.45) is 55.1. The third-order valence-electron chi connectivity index (χ3n) is 10.3. The maximum absolute atomic E-state index is 6.82. The highest BCUT2D eigenvalue weighted by atomic mass is 16.8. The van der Waals surface area contributed by atoms with Gasteiger partial charge in [-0.25, -0.2) is 0 Å². The maximum Gasteiger partial charge on any atom is 0.169 e. The average Bonchev–Trinajstić information content (AvgIpc) is 3.60. The van der Waals surface area contributed by atoms with Gasteiger partial charge in [-0.2, -0.15) is 0 Å². The Kier molecular flexibility index (Phi) is 26.6. The predicted octanol–water partition coefficient (Wildman–Crippen LogP) is 13.5. The highest BCUT2D eigenvalue weighted by Gasteiger charge is 2.50. The summed E-state index contributed by atoms with van der Waals surface area (Å²) in [4.78, 5) is 0. The molecule has 1 N–H and O–H groups in total. The first-order chi connectivity index (χ1) is 23.2. The summed E-state index contributed by atoms with van der Waals surface area (Å²) >= 11 is 0. The second kappa shape index (κ2) is 29.7. The molecule has 0 aromatic rings. The molecule has 2 aliphatic rings. The van der Waals surface area contributed by atoms with Gasteiger partial charge in [0.05, 0.1) is 12.2 Å². The highest BCUT2D eigenvalue weighted by Crippen LogP contribution is 2.45. The Morgan fingerprint density at radius 2 is 0.851 bits per heavy atom. The van der Waals surface area contributed by atoms with Crippen LogP contribution in [0.4, 0.5) is 0 Å². The molecule has 0 aromatic carbocycles. The number of nitrogens with one attached hydrogen (secondary N) is 1. The van der Waals surface area contributed by atoms with Crippen LogP contribution in [0.2, 0.25) is 0 Å². The summed E-state index contributed by atoms with van der Waals surface area (Å²) in [5.41, 5.74) is 0. The molecule has 3 heteroatoms. The zero-order valence-corrected chi connectivity index (χ0v) is 31.7. The molecule has 0 radical (unpaired) electrons. The molecular weight excluding hydrogens is 574 g/mol. The average molecular weight is 654 g/mol. The van der Waals surface area contributed by atoms with Gasteiger partial charge in [-0.15, -0.1) is 0 Å². The Morgan fingerprint density at radius 1 is 0.489 bits per heavy atom. The third kappa shape index (κ3) is 21.5. The molecule has 0 aromatic heterocycles. The van der Waals surface area contributed by atoms with E-state index in [4.69, 9.17) is 9.47 Å². The molecule has 47 heavy (non-hydrogen) atoms. The van der Waals surface area contributed by atoms with Crippen molar-refractivity contribution in [2.75, 3.05) is 13.6 Å². The van der Waals surface area contributed by atoms with Crippen LogP contribution in [-0.4, -0.2) is 31.6 Å². The van der Waals surface area contributed by atoms with Crippen molar-refractivity contribution in [3.8, 4) is 0 Å². The Bertz CT molecular complexity index is 750. The molecule has 2 rings (SSSR count). The minimum atomic E-state index is -0.301. The largest absolute Gasteiger partial charge is 0.344 e. The molecule has 1 aliphatic carbocycles. The van der Waals surface area contributed by atoms with Gasteiger partial charge >= 0.3 is 0 Å². The van der Waals surface area contributed by atoms with Crippen LogP contribution in [0.15, 0.2) is 48.6 Å². The van der Waals surface area contributed by atoms with Gasteiger partial charge in [0.2, 0.25) is 0 Å². The number of hydrogen-bond donors (Lipinski definition) is 1. The van der Waals surface area contributed by atoms with E-state index in [2.05, 4.69) is 74.8 Å². The summed E-state index contributed by atoms with van der Waals surface area (Å²) in [7, 11) is 2.07. The smallest absolute Gasteiger partial charge is 0.169 e. The predicted molar refractivity (Wildman–Crippen MR) is 207 cm³/mol. The zero-order valence-electron chi connectivity index (χ0n) is 31.7. The molecule has 0 spiro atoms. The summed E-state index contributed by atoms with van der Waals surface area (Å²) in [5.74, 6) is 0.404. The first kappa shape index (κ1) is 42.0. The third-order valence-corrected chi connectivity index (χ3v) is 10.3. The Labute approximate surface area is 293 Å². The summed E-state index contributed by atoms with van der Waals surface area (Å²) in [6, 6.07) is 0. The second-order valence-corrected chi connectivity index (χ2v) is 14.8. The Hall–Kier alpha value is -1.16. The molecule has 0 amide bonds. The van der Waals surface area contributed by atoms with E-state index in [0.29, 0.717) is 18.1 Å². The lowest BCUT2D eigenvalue weighted by Gasteiger charge is -2.30. The van der Waals surface area contributed by atoms with Crippen LogP contribution in [0.3, 0.4) is 0 Å². The van der Waals surface area contributed by atoms with Gasteiger partial charge in [0.15, 0.2) is 5.79 Å². The van der Waals surface area contributed by atoms with Crippen molar-refractivity contribution in [3.05, 3.63) is 48.6 Å². The van der Waals surface area contributed by atoms with E-state index in [9.17, 15) is 0 Å². The van der Waals surface area contributed by atoms with E-state index in [0.717, 1.165) is 32.2 Å². The van der Waals surface area contributed by atoms with Crippen molar-refractivity contribution in [2.24, 2.45) is 5.92 Å². The van der Waals surface area contributed by atoms with Crippen LogP contribution in [0.25, 0.3) is 0 Å². The van der Waals surface area contributed by atoms with Gasteiger partial charge in [-0.1, -0.05) is 140 Å². The monoisotopic (exact) mass is 654 g/mol. The number of allylic oxidation sites excluding steroid dienone is 8. The van der Waals surface area contributed by atoms with Crippen molar-refractivity contribution in [3.63, 3.8) is 0 Å². The maximum atomic E-state index is 6.82. The molecule has 1 heterocycles. The van der Waals surface area contributed by atoms with Gasteiger partial charge in [0.25, 0.3) is 0 Å². The SMILES string of the molecule is CCCCC/C=C\C/C=C\CCCCCCCCC1(CCCCCCCC/C=C\C/C=C\CCCCC)O[C@H]2C[C@@H](CNC)C[C@H]2O1. The van der Waals surface area contributed by atoms with Crippen LogP contribution < -0.4 is 5.32 Å². The fraction of sp³-hybridized carbons (Fsp3) is 0.818. The van der Waals surface area contributed by atoms with Crippen molar-refractivity contribution in [2.45, 2.75) is 212 Å². The fourth-order valence-corrected chi connectivity index (χ4v) is 7.47. The van der Waals surface area contributed by atoms with Crippen LogP contribution in [0.5, 0.6) is 0 Å². The molecule has 0 unspecified atom stereocenters. The number of unbranched alkanes of at least 4 members (excludes halogenated alkanes) is 18. The lowest BCUT2D eigenvalue weighted by Crippen LogP contribution is -2.33. The summed E-state index contributed by atoms with van der Waals surface area (Å²) in [5, 5.41) is 3.37. The van der Waals surface area contributed by atoms with E-state index in [1.165, 1.54) is 154 Å². The first-order valence-corrected chi connectivity index (χ1v) is 20.8. The van der Waals surface area contributed by atoms with E-state index >= 15 is 0 Å². The van der Waals surface area contributed by atoms with E-state index in [-0.39, 0.29) is 5.79 Å². The van der Waals surface area contributed by atoms with E-state index in [1.807, 2.05) is 0 Å². The first-order valence-electron chi connectivity index (χ1n) is 20.8. The van der Waals surface area contributed by atoms with Crippen LogP contribution in [-0.2, 0) is 9.47 Å². The van der Waals surface area contributed by atoms with Crippen molar-refractivity contribution >= 4 is 0 Å². The number of fused-ring (bicyclic) bond motifs is 1. The van der Waals surface area contributed by atoms with Gasteiger partial charge in [0.1, 0.15) is 0 Å². The normalized spacial score (nSPS) is 21.0. The van der Waals surface area contributed by atoms with Gasteiger partial charge < -0.3 is 14.8 Å². The van der Waals surface area contributed by atoms with Crippen molar-refractivity contribution in [1.29, 1.82) is 0 Å². The van der Waals surface area contributed by atoms with E-state index in [1.54, 1.807) is 0 Å². The molecule has 3 atom stereocenters. The Balaban J connectivity index is 1.55. The molecule has 272 valence electrons.